The van der Waals surface area contributed by atoms with E-state index in [4.69, 9.17) is 10.5 Å². The largest absolute Gasteiger partial charge is 0.374 e. The minimum absolute atomic E-state index is 0.0547. The molecule has 3 atom stereocenters. The highest BCUT2D eigenvalue weighted by atomic mass is 32.2. The normalized spacial score (nSPS) is 36.8. The minimum Gasteiger partial charge on any atom is -0.374 e. The quantitative estimate of drug-likeness (QED) is 0.763. The van der Waals surface area contributed by atoms with Gasteiger partial charge in [-0.15, -0.1) is 0 Å². The molecule has 0 spiro atoms. The Morgan fingerprint density at radius 3 is 3.06 bits per heavy atom. The second kappa shape index (κ2) is 5.71. The summed E-state index contributed by atoms with van der Waals surface area (Å²) in [7, 11) is 0. The maximum atomic E-state index is 5.87. The summed E-state index contributed by atoms with van der Waals surface area (Å²) in [6, 6.07) is 0.482. The summed E-state index contributed by atoms with van der Waals surface area (Å²) in [5.41, 5.74) is 5.92. The lowest BCUT2D eigenvalue weighted by molar-refractivity contribution is 0.0177. The Balaban J connectivity index is 1.77. The second-order valence-corrected chi connectivity index (χ2v) is 6.40. The second-order valence-electron chi connectivity index (χ2n) is 5.25. The molecule has 0 amide bonds. The molecule has 3 nitrogen and oxygen atoms in total. The van der Waals surface area contributed by atoms with Crippen molar-refractivity contribution in [1.82, 2.24) is 5.32 Å². The maximum absolute atomic E-state index is 5.87. The Labute approximate surface area is 103 Å². The first-order valence-electron chi connectivity index (χ1n) is 6.39. The lowest BCUT2D eigenvalue weighted by atomic mass is 9.97. The van der Waals surface area contributed by atoms with Gasteiger partial charge in [-0.25, -0.2) is 0 Å². The van der Waals surface area contributed by atoms with E-state index in [-0.39, 0.29) is 5.60 Å². The number of nitrogens with two attached hydrogens (primary N) is 1. The van der Waals surface area contributed by atoms with Gasteiger partial charge in [-0.05, 0) is 43.6 Å². The molecule has 2 fully saturated rings. The maximum Gasteiger partial charge on any atom is 0.0779 e. The molecule has 0 saturated carbocycles. The van der Waals surface area contributed by atoms with Crippen molar-refractivity contribution in [2.75, 3.05) is 31.2 Å². The summed E-state index contributed by atoms with van der Waals surface area (Å²) >= 11 is 2.06. The van der Waals surface area contributed by atoms with Crippen molar-refractivity contribution >= 4 is 11.8 Å². The highest BCUT2D eigenvalue weighted by molar-refractivity contribution is 7.99. The highest BCUT2D eigenvalue weighted by Gasteiger charge is 2.32. The topological polar surface area (TPSA) is 47.3 Å². The average molecular weight is 244 g/mol. The average Bonchev–Trinajstić information content (AvgIpc) is 2.91. The van der Waals surface area contributed by atoms with Crippen LogP contribution in [0, 0.1) is 5.92 Å². The van der Waals surface area contributed by atoms with E-state index in [9.17, 15) is 0 Å². The van der Waals surface area contributed by atoms with Crippen LogP contribution >= 0.6 is 11.8 Å². The molecule has 94 valence electrons. The van der Waals surface area contributed by atoms with Gasteiger partial charge < -0.3 is 15.8 Å². The molecule has 2 aliphatic rings. The van der Waals surface area contributed by atoms with Gasteiger partial charge >= 0.3 is 0 Å². The van der Waals surface area contributed by atoms with Gasteiger partial charge in [0.1, 0.15) is 0 Å². The Bertz CT molecular complexity index is 213. The van der Waals surface area contributed by atoms with E-state index in [1.165, 1.54) is 30.8 Å². The van der Waals surface area contributed by atoms with Crippen LogP contribution in [0.15, 0.2) is 0 Å². The molecule has 2 heterocycles. The Morgan fingerprint density at radius 2 is 2.50 bits per heavy atom. The van der Waals surface area contributed by atoms with Crippen molar-refractivity contribution < 1.29 is 4.74 Å². The van der Waals surface area contributed by atoms with Crippen molar-refractivity contribution in [2.24, 2.45) is 11.7 Å². The van der Waals surface area contributed by atoms with E-state index >= 15 is 0 Å². The van der Waals surface area contributed by atoms with Crippen LogP contribution in [-0.4, -0.2) is 42.8 Å². The Kier molecular flexibility index (Phi) is 4.53. The van der Waals surface area contributed by atoms with Gasteiger partial charge in [0.15, 0.2) is 0 Å². The molecule has 0 aromatic heterocycles. The Morgan fingerprint density at radius 1 is 1.62 bits per heavy atom. The molecule has 0 bridgehead atoms. The molecule has 0 aromatic rings. The van der Waals surface area contributed by atoms with Gasteiger partial charge in [0, 0.05) is 25.7 Å². The predicted molar refractivity (Wildman–Crippen MR) is 69.9 cm³/mol. The van der Waals surface area contributed by atoms with Crippen LogP contribution in [0.3, 0.4) is 0 Å². The zero-order valence-corrected chi connectivity index (χ0v) is 11.0. The van der Waals surface area contributed by atoms with E-state index in [2.05, 4.69) is 24.0 Å². The summed E-state index contributed by atoms with van der Waals surface area (Å²) in [6.07, 6.45) is 3.69. The summed E-state index contributed by atoms with van der Waals surface area (Å²) < 4.78 is 5.79. The fourth-order valence-corrected chi connectivity index (χ4v) is 3.97. The van der Waals surface area contributed by atoms with Gasteiger partial charge in [-0.2, -0.15) is 11.8 Å². The van der Waals surface area contributed by atoms with E-state index in [1.807, 2.05) is 0 Å². The lowest BCUT2D eigenvalue weighted by Crippen LogP contribution is -2.48. The molecule has 0 aliphatic carbocycles. The van der Waals surface area contributed by atoms with Gasteiger partial charge in [0.2, 0.25) is 0 Å². The third-order valence-corrected chi connectivity index (χ3v) is 5.01. The van der Waals surface area contributed by atoms with E-state index in [0.29, 0.717) is 6.04 Å². The van der Waals surface area contributed by atoms with Crippen LogP contribution in [0.1, 0.15) is 26.2 Å². The number of thioether (sulfide) groups is 1. The molecule has 16 heavy (non-hydrogen) atoms. The number of hydrogen-bond acceptors (Lipinski definition) is 4. The molecule has 2 saturated heterocycles. The summed E-state index contributed by atoms with van der Waals surface area (Å²) in [5.74, 6) is 3.34. The molecule has 3 N–H and O–H groups in total. The summed E-state index contributed by atoms with van der Waals surface area (Å²) in [6.45, 7) is 4.84. The van der Waals surface area contributed by atoms with Crippen LogP contribution < -0.4 is 11.1 Å². The Hall–Kier alpha value is 0.230. The number of hydrogen-bond donors (Lipinski definition) is 2. The van der Waals surface area contributed by atoms with Crippen molar-refractivity contribution in [2.45, 2.75) is 37.8 Å². The van der Waals surface area contributed by atoms with Gasteiger partial charge in [-0.1, -0.05) is 0 Å². The van der Waals surface area contributed by atoms with Crippen LogP contribution in [0.4, 0.5) is 0 Å². The van der Waals surface area contributed by atoms with Crippen molar-refractivity contribution in [3.63, 3.8) is 0 Å². The van der Waals surface area contributed by atoms with Crippen molar-refractivity contribution in [3.8, 4) is 0 Å². The predicted octanol–water partition coefficient (Wildman–Crippen LogP) is 1.23. The minimum atomic E-state index is 0.0547. The first-order chi connectivity index (χ1) is 7.73. The third kappa shape index (κ3) is 3.13. The fraction of sp³-hybridized carbons (Fsp3) is 1.00. The zero-order chi connectivity index (χ0) is 11.4. The third-order valence-electron chi connectivity index (χ3n) is 3.83. The lowest BCUT2D eigenvalue weighted by Gasteiger charge is -2.29. The van der Waals surface area contributed by atoms with E-state index in [0.717, 1.165) is 25.6 Å². The molecule has 0 aromatic carbocycles. The van der Waals surface area contributed by atoms with Gasteiger partial charge in [-0.3, -0.25) is 0 Å². The van der Waals surface area contributed by atoms with Gasteiger partial charge in [0.25, 0.3) is 0 Å². The van der Waals surface area contributed by atoms with Crippen LogP contribution in [0.25, 0.3) is 0 Å². The van der Waals surface area contributed by atoms with E-state index in [1.54, 1.807) is 0 Å². The van der Waals surface area contributed by atoms with Crippen molar-refractivity contribution in [1.29, 1.82) is 0 Å². The first-order valence-corrected chi connectivity index (χ1v) is 7.54. The van der Waals surface area contributed by atoms with Gasteiger partial charge in [0.05, 0.1) is 5.60 Å². The number of rotatable bonds is 5. The molecular formula is C12H24N2OS. The summed E-state index contributed by atoms with van der Waals surface area (Å²) in [4.78, 5) is 0. The summed E-state index contributed by atoms with van der Waals surface area (Å²) in [5, 5.41) is 3.63. The highest BCUT2D eigenvalue weighted by Crippen LogP contribution is 2.27. The zero-order valence-electron chi connectivity index (χ0n) is 10.2. The SMILES string of the molecule is CC1(CNC(CN)C2CCSC2)CCCO1. The standard InChI is InChI=1S/C12H24N2OS/c1-12(4-2-5-15-12)9-14-11(7-13)10-3-6-16-8-10/h10-11,14H,2-9,13H2,1H3. The fourth-order valence-electron chi connectivity index (χ4n) is 2.64. The molecule has 2 aliphatic heterocycles. The first kappa shape index (κ1) is 12.7. The number of nitrogens with one attached hydrogen (secondary N) is 1. The molecule has 4 heteroatoms. The smallest absolute Gasteiger partial charge is 0.0779 e. The molecule has 3 unspecified atom stereocenters. The van der Waals surface area contributed by atoms with E-state index < -0.39 is 0 Å². The van der Waals surface area contributed by atoms with Crippen LogP contribution in [0.2, 0.25) is 0 Å². The molecule has 0 radical (unpaired) electrons. The van der Waals surface area contributed by atoms with Crippen LogP contribution in [-0.2, 0) is 4.74 Å². The van der Waals surface area contributed by atoms with Crippen molar-refractivity contribution in [3.05, 3.63) is 0 Å². The molecule has 2 rings (SSSR count). The van der Waals surface area contributed by atoms with Crippen LogP contribution in [0.5, 0.6) is 0 Å². The molecular weight excluding hydrogens is 220 g/mol. The monoisotopic (exact) mass is 244 g/mol. The number of ether oxygens (including phenoxy) is 1.